The minimum absolute atomic E-state index is 0.0124. The molecule has 0 amide bonds. The Hall–Kier alpha value is -0.550. The molecule has 2 aromatic carbocycles. The van der Waals surface area contributed by atoms with Gasteiger partial charge in [-0.2, -0.15) is 0 Å². The second kappa shape index (κ2) is 6.27. The van der Waals surface area contributed by atoms with E-state index in [4.69, 9.17) is 22.1 Å². The van der Waals surface area contributed by atoms with Gasteiger partial charge in [0.15, 0.2) is 0 Å². The van der Waals surface area contributed by atoms with Crippen LogP contribution in [-0.4, -0.2) is 0 Å². The van der Waals surface area contributed by atoms with Gasteiger partial charge in [0, 0.05) is 10.5 Å². The highest BCUT2D eigenvalue weighted by atomic mass is 79.9. The third-order valence-electron chi connectivity index (χ3n) is 2.60. The summed E-state index contributed by atoms with van der Waals surface area (Å²) < 4.78 is 7.55. The Morgan fingerprint density at radius 1 is 1.11 bits per heavy atom. The largest absolute Gasteiger partial charge is 0.455 e. The van der Waals surface area contributed by atoms with Crippen LogP contribution < -0.4 is 10.5 Å². The molecule has 5 heteroatoms. The number of ether oxygens (including phenoxy) is 1. The molecular weight excluding hydrogens is 393 g/mol. The first-order valence-electron chi connectivity index (χ1n) is 5.65. The average molecular weight is 406 g/mol. The summed E-state index contributed by atoms with van der Waals surface area (Å²) in [6.07, 6.45) is 0. The Morgan fingerprint density at radius 3 is 2.37 bits per heavy atom. The van der Waals surface area contributed by atoms with Gasteiger partial charge in [-0.3, -0.25) is 0 Å². The molecule has 2 rings (SSSR count). The molecule has 1 atom stereocenters. The van der Waals surface area contributed by atoms with Crippen LogP contribution in [-0.2, 0) is 0 Å². The van der Waals surface area contributed by atoms with E-state index in [1.807, 2.05) is 37.3 Å². The van der Waals surface area contributed by atoms with Gasteiger partial charge in [-0.1, -0.05) is 33.6 Å². The lowest BCUT2D eigenvalue weighted by molar-refractivity contribution is 0.479. The zero-order chi connectivity index (χ0) is 14.0. The van der Waals surface area contributed by atoms with Crippen LogP contribution in [0.1, 0.15) is 18.5 Å². The van der Waals surface area contributed by atoms with Crippen LogP contribution in [0, 0.1) is 0 Å². The Labute approximate surface area is 134 Å². The van der Waals surface area contributed by atoms with Crippen molar-refractivity contribution in [3.8, 4) is 11.5 Å². The molecule has 0 aliphatic rings. The number of hydrogen-bond acceptors (Lipinski definition) is 2. The number of rotatable bonds is 3. The van der Waals surface area contributed by atoms with E-state index in [1.54, 1.807) is 6.07 Å². The zero-order valence-corrected chi connectivity index (χ0v) is 14.1. The van der Waals surface area contributed by atoms with E-state index in [0.717, 1.165) is 14.5 Å². The molecule has 0 aliphatic carbocycles. The summed E-state index contributed by atoms with van der Waals surface area (Å²) in [7, 11) is 0. The summed E-state index contributed by atoms with van der Waals surface area (Å²) in [5.74, 6) is 1.31. The Bertz CT molecular complexity index is 602. The van der Waals surface area contributed by atoms with Crippen molar-refractivity contribution in [1.29, 1.82) is 0 Å². The van der Waals surface area contributed by atoms with Crippen molar-refractivity contribution in [1.82, 2.24) is 0 Å². The van der Waals surface area contributed by atoms with Crippen LogP contribution in [0.4, 0.5) is 0 Å². The van der Waals surface area contributed by atoms with Crippen molar-refractivity contribution in [3.05, 3.63) is 55.9 Å². The minimum atomic E-state index is -0.0124. The SMILES string of the molecule is C[C@H](N)c1ccc(Oc2ccc(Br)cc2Cl)c(Br)c1. The van der Waals surface area contributed by atoms with Gasteiger partial charge in [-0.15, -0.1) is 0 Å². The fourth-order valence-electron chi connectivity index (χ4n) is 1.56. The normalized spacial score (nSPS) is 12.3. The minimum Gasteiger partial charge on any atom is -0.455 e. The molecule has 0 fully saturated rings. The van der Waals surface area contributed by atoms with Gasteiger partial charge < -0.3 is 10.5 Å². The fraction of sp³-hybridized carbons (Fsp3) is 0.143. The number of halogens is 3. The highest BCUT2D eigenvalue weighted by molar-refractivity contribution is 9.10. The number of benzene rings is 2. The molecule has 19 heavy (non-hydrogen) atoms. The smallest absolute Gasteiger partial charge is 0.146 e. The van der Waals surface area contributed by atoms with Crippen molar-refractivity contribution in [2.45, 2.75) is 13.0 Å². The second-order valence-electron chi connectivity index (χ2n) is 4.16. The molecule has 0 spiro atoms. The van der Waals surface area contributed by atoms with Crippen LogP contribution in [0.5, 0.6) is 11.5 Å². The molecule has 2 nitrogen and oxygen atoms in total. The first-order valence-corrected chi connectivity index (χ1v) is 7.61. The summed E-state index contributed by atoms with van der Waals surface area (Å²) in [4.78, 5) is 0. The van der Waals surface area contributed by atoms with E-state index in [2.05, 4.69) is 31.9 Å². The third kappa shape index (κ3) is 3.72. The van der Waals surface area contributed by atoms with E-state index in [9.17, 15) is 0 Å². The molecule has 0 aromatic heterocycles. The number of hydrogen-bond donors (Lipinski definition) is 1. The van der Waals surface area contributed by atoms with Crippen LogP contribution >= 0.6 is 43.5 Å². The average Bonchev–Trinajstić information content (AvgIpc) is 2.34. The first kappa shape index (κ1) is 14.9. The Kier molecular flexibility index (Phi) is 4.90. The highest BCUT2D eigenvalue weighted by Crippen LogP contribution is 2.35. The fourth-order valence-corrected chi connectivity index (χ4v) is 2.75. The van der Waals surface area contributed by atoms with Crippen LogP contribution in [0.15, 0.2) is 45.3 Å². The van der Waals surface area contributed by atoms with E-state index in [0.29, 0.717) is 16.5 Å². The molecule has 0 aliphatic heterocycles. The molecule has 0 saturated carbocycles. The topological polar surface area (TPSA) is 35.2 Å². The van der Waals surface area contributed by atoms with Crippen LogP contribution in [0.3, 0.4) is 0 Å². The number of nitrogens with two attached hydrogens (primary N) is 1. The van der Waals surface area contributed by atoms with Crippen molar-refractivity contribution in [2.75, 3.05) is 0 Å². The third-order valence-corrected chi connectivity index (χ3v) is 4.00. The van der Waals surface area contributed by atoms with Crippen molar-refractivity contribution in [2.24, 2.45) is 5.73 Å². The second-order valence-corrected chi connectivity index (χ2v) is 6.33. The zero-order valence-electron chi connectivity index (χ0n) is 10.2. The van der Waals surface area contributed by atoms with Crippen molar-refractivity contribution < 1.29 is 4.74 Å². The highest BCUT2D eigenvalue weighted by Gasteiger charge is 2.09. The van der Waals surface area contributed by atoms with Crippen LogP contribution in [0.2, 0.25) is 5.02 Å². The van der Waals surface area contributed by atoms with Gasteiger partial charge in [0.1, 0.15) is 11.5 Å². The van der Waals surface area contributed by atoms with Gasteiger partial charge >= 0.3 is 0 Å². The molecule has 2 N–H and O–H groups in total. The van der Waals surface area contributed by atoms with Crippen molar-refractivity contribution >= 4 is 43.5 Å². The maximum absolute atomic E-state index is 6.12. The summed E-state index contributed by atoms with van der Waals surface area (Å²) >= 11 is 13.0. The monoisotopic (exact) mass is 403 g/mol. The summed E-state index contributed by atoms with van der Waals surface area (Å²) in [5, 5.41) is 0.553. The lowest BCUT2D eigenvalue weighted by atomic mass is 10.1. The van der Waals surface area contributed by atoms with Gasteiger partial charge in [0.05, 0.1) is 9.50 Å². The van der Waals surface area contributed by atoms with Crippen molar-refractivity contribution in [3.63, 3.8) is 0 Å². The first-order chi connectivity index (χ1) is 8.97. The molecular formula is C14H12Br2ClNO. The lowest BCUT2D eigenvalue weighted by Gasteiger charge is -2.12. The molecule has 100 valence electrons. The van der Waals surface area contributed by atoms with Gasteiger partial charge in [-0.05, 0) is 58.7 Å². The van der Waals surface area contributed by atoms with E-state index in [1.165, 1.54) is 0 Å². The standard InChI is InChI=1S/C14H12Br2ClNO/c1-8(18)9-2-4-13(11(16)6-9)19-14-5-3-10(15)7-12(14)17/h2-8H,18H2,1H3/t8-/m0/s1. The summed E-state index contributed by atoms with van der Waals surface area (Å²) in [6, 6.07) is 11.2. The van der Waals surface area contributed by atoms with Gasteiger partial charge in [0.25, 0.3) is 0 Å². The quantitative estimate of drug-likeness (QED) is 0.713. The lowest BCUT2D eigenvalue weighted by Crippen LogP contribution is -2.04. The molecule has 0 heterocycles. The van der Waals surface area contributed by atoms with E-state index < -0.39 is 0 Å². The van der Waals surface area contributed by atoms with E-state index in [-0.39, 0.29) is 6.04 Å². The Balaban J connectivity index is 2.28. The maximum atomic E-state index is 6.12. The molecule has 2 aromatic rings. The molecule has 0 saturated heterocycles. The molecule has 0 bridgehead atoms. The summed E-state index contributed by atoms with van der Waals surface area (Å²) in [5.41, 5.74) is 6.88. The predicted molar refractivity (Wildman–Crippen MR) is 86.0 cm³/mol. The summed E-state index contributed by atoms with van der Waals surface area (Å²) in [6.45, 7) is 1.94. The molecule has 0 radical (unpaired) electrons. The maximum Gasteiger partial charge on any atom is 0.146 e. The van der Waals surface area contributed by atoms with Gasteiger partial charge in [0.2, 0.25) is 0 Å². The molecule has 0 unspecified atom stereocenters. The Morgan fingerprint density at radius 2 is 1.79 bits per heavy atom. The van der Waals surface area contributed by atoms with Gasteiger partial charge in [-0.25, -0.2) is 0 Å². The van der Waals surface area contributed by atoms with Crippen LogP contribution in [0.25, 0.3) is 0 Å². The predicted octanol–water partition coefficient (Wildman–Crippen LogP) is 5.68. The van der Waals surface area contributed by atoms with E-state index >= 15 is 0 Å².